The van der Waals surface area contributed by atoms with Crippen LogP contribution in [-0.2, 0) is 6.42 Å². The highest BCUT2D eigenvalue weighted by Gasteiger charge is 2.22. The smallest absolute Gasteiger partial charge is 0.410 e. The van der Waals surface area contributed by atoms with Gasteiger partial charge in [-0.1, -0.05) is 6.92 Å². The number of nitrogens with zero attached hydrogens (tertiary/aromatic N) is 1. The highest BCUT2D eigenvalue weighted by Crippen LogP contribution is 2.34. The van der Waals surface area contributed by atoms with Crippen molar-refractivity contribution >= 4 is 18.5 Å². The molecule has 7 heteroatoms. The summed E-state index contributed by atoms with van der Waals surface area (Å²) in [7, 11) is 1.51. The Bertz CT molecular complexity index is 491. The van der Waals surface area contributed by atoms with Gasteiger partial charge in [0.15, 0.2) is 5.75 Å². The Balaban J connectivity index is 0.00000220. The zero-order chi connectivity index (χ0) is 14.5. The van der Waals surface area contributed by atoms with Gasteiger partial charge in [0.2, 0.25) is 0 Å². The molecule has 1 aliphatic rings. The molecule has 0 unspecified atom stereocenters. The van der Waals surface area contributed by atoms with E-state index in [1.54, 1.807) is 0 Å². The molecule has 1 fully saturated rings. The number of nitrogens with one attached hydrogen (secondary N) is 1. The molecule has 3 N–H and O–H groups in total. The number of hydrogen-bond acceptors (Lipinski definition) is 5. The number of ether oxygens (including phenoxy) is 2. The quantitative estimate of drug-likeness (QED) is 0.887. The van der Waals surface area contributed by atoms with Crippen molar-refractivity contribution in [3.05, 3.63) is 17.3 Å². The first kappa shape index (κ1) is 17.5. The highest BCUT2D eigenvalue weighted by atomic mass is 35.5. The van der Waals surface area contributed by atoms with E-state index in [1.165, 1.54) is 7.11 Å². The topological polar surface area (TPSA) is 86.5 Å². The van der Waals surface area contributed by atoms with Gasteiger partial charge < -0.3 is 20.5 Å². The summed E-state index contributed by atoms with van der Waals surface area (Å²) in [6.45, 7) is 4.05. The zero-order valence-electron chi connectivity index (χ0n) is 12.3. The Hall–Kier alpha value is -1.53. The summed E-state index contributed by atoms with van der Waals surface area (Å²) >= 11 is 0. The van der Waals surface area contributed by atoms with E-state index in [0.29, 0.717) is 11.8 Å². The van der Waals surface area contributed by atoms with Gasteiger partial charge in [-0.3, -0.25) is 0 Å². The second kappa shape index (κ2) is 8.05. The first-order valence-corrected chi connectivity index (χ1v) is 6.91. The van der Waals surface area contributed by atoms with Crippen molar-refractivity contribution < 1.29 is 14.3 Å². The van der Waals surface area contributed by atoms with Crippen molar-refractivity contribution in [1.82, 2.24) is 10.3 Å². The first-order valence-electron chi connectivity index (χ1n) is 6.91. The maximum absolute atomic E-state index is 10.9. The fourth-order valence-electron chi connectivity index (χ4n) is 2.59. The maximum atomic E-state index is 10.9. The molecular weight excluding hydrogens is 294 g/mol. The van der Waals surface area contributed by atoms with E-state index in [9.17, 15) is 4.79 Å². The van der Waals surface area contributed by atoms with Gasteiger partial charge in [0.05, 0.1) is 12.8 Å². The highest BCUT2D eigenvalue weighted by molar-refractivity contribution is 5.85. The van der Waals surface area contributed by atoms with Crippen LogP contribution < -0.4 is 20.5 Å². The van der Waals surface area contributed by atoms with Crippen LogP contribution in [0.2, 0.25) is 0 Å². The van der Waals surface area contributed by atoms with Crippen LogP contribution in [0.25, 0.3) is 0 Å². The van der Waals surface area contributed by atoms with E-state index in [1.807, 2.05) is 6.07 Å². The standard InChI is InChI=1S/C14H21N3O3.ClH/c1-3-9-8-11(20-14(15)18)13(19-2)17-12(9)10-4-6-16-7-5-10;/h8,10,16H,3-7H2,1-2H3,(H2,15,18);1H. The van der Waals surface area contributed by atoms with Crippen molar-refractivity contribution in [2.45, 2.75) is 32.1 Å². The van der Waals surface area contributed by atoms with Crippen LogP contribution in [0.1, 0.15) is 36.9 Å². The van der Waals surface area contributed by atoms with Crippen molar-refractivity contribution in [1.29, 1.82) is 0 Å². The number of primary amides is 1. The van der Waals surface area contributed by atoms with E-state index in [2.05, 4.69) is 17.2 Å². The first-order chi connectivity index (χ1) is 9.65. The van der Waals surface area contributed by atoms with Crippen molar-refractivity contribution in [2.75, 3.05) is 20.2 Å². The Morgan fingerprint density at radius 1 is 1.48 bits per heavy atom. The Morgan fingerprint density at radius 3 is 2.67 bits per heavy atom. The van der Waals surface area contributed by atoms with Gasteiger partial charge >= 0.3 is 6.09 Å². The predicted octanol–water partition coefficient (Wildman–Crippen LogP) is 2.00. The lowest BCUT2D eigenvalue weighted by atomic mass is 9.90. The van der Waals surface area contributed by atoms with Gasteiger partial charge in [0.25, 0.3) is 5.88 Å². The fraction of sp³-hybridized carbons (Fsp3) is 0.571. The molecule has 2 rings (SSSR count). The molecule has 2 heterocycles. The van der Waals surface area contributed by atoms with Gasteiger partial charge in [0.1, 0.15) is 0 Å². The van der Waals surface area contributed by atoms with E-state index in [4.69, 9.17) is 15.2 Å². The molecule has 0 radical (unpaired) electrons. The molecule has 1 aromatic rings. The number of aryl methyl sites for hydroxylation is 1. The lowest BCUT2D eigenvalue weighted by Crippen LogP contribution is -2.27. The average Bonchev–Trinajstić information content (AvgIpc) is 2.47. The Morgan fingerprint density at radius 2 is 2.14 bits per heavy atom. The molecule has 0 spiro atoms. The third-order valence-electron chi connectivity index (χ3n) is 3.58. The van der Waals surface area contributed by atoms with Crippen LogP contribution in [0, 0.1) is 0 Å². The predicted molar refractivity (Wildman–Crippen MR) is 82.5 cm³/mol. The van der Waals surface area contributed by atoms with Crippen LogP contribution >= 0.6 is 12.4 Å². The number of methoxy groups -OCH3 is 1. The summed E-state index contributed by atoms with van der Waals surface area (Å²) in [6, 6.07) is 1.81. The van der Waals surface area contributed by atoms with Crippen LogP contribution in [-0.4, -0.2) is 31.3 Å². The minimum Gasteiger partial charge on any atom is -0.478 e. The molecule has 118 valence electrons. The molecule has 1 amide bonds. The average molecular weight is 316 g/mol. The van der Waals surface area contributed by atoms with E-state index in [0.717, 1.165) is 43.6 Å². The lowest BCUT2D eigenvalue weighted by Gasteiger charge is -2.24. The summed E-state index contributed by atoms with van der Waals surface area (Å²) in [5, 5.41) is 3.34. The number of carbonyl (C=O) groups is 1. The summed E-state index contributed by atoms with van der Waals surface area (Å²) in [5.74, 6) is 1.02. The molecule has 1 saturated heterocycles. The summed E-state index contributed by atoms with van der Waals surface area (Å²) in [4.78, 5) is 15.5. The molecule has 1 aliphatic heterocycles. The molecular formula is C14H22ClN3O3. The van der Waals surface area contributed by atoms with Gasteiger partial charge in [0, 0.05) is 5.92 Å². The Kier molecular flexibility index (Phi) is 6.71. The molecule has 0 bridgehead atoms. The minimum atomic E-state index is -0.859. The van der Waals surface area contributed by atoms with Gasteiger partial charge in [-0.2, -0.15) is 0 Å². The molecule has 21 heavy (non-hydrogen) atoms. The molecule has 1 aromatic heterocycles. The summed E-state index contributed by atoms with van der Waals surface area (Å²) < 4.78 is 10.2. The number of carbonyl (C=O) groups excluding carboxylic acids is 1. The largest absolute Gasteiger partial charge is 0.478 e. The number of aromatic nitrogens is 1. The fourth-order valence-corrected chi connectivity index (χ4v) is 2.59. The van der Waals surface area contributed by atoms with Crippen LogP contribution in [0.4, 0.5) is 4.79 Å². The SMILES string of the molecule is CCc1cc(OC(N)=O)c(OC)nc1C1CCNCC1.Cl. The second-order valence-electron chi connectivity index (χ2n) is 4.84. The van der Waals surface area contributed by atoms with Gasteiger partial charge in [-0.15, -0.1) is 12.4 Å². The lowest BCUT2D eigenvalue weighted by molar-refractivity contribution is 0.208. The van der Waals surface area contributed by atoms with E-state index < -0.39 is 6.09 Å². The van der Waals surface area contributed by atoms with Crippen molar-refractivity contribution in [3.8, 4) is 11.6 Å². The van der Waals surface area contributed by atoms with Crippen LogP contribution in [0.15, 0.2) is 6.07 Å². The number of pyridine rings is 1. The normalized spacial score (nSPS) is 15.1. The summed E-state index contributed by atoms with van der Waals surface area (Å²) in [5.41, 5.74) is 7.19. The molecule has 0 aromatic carbocycles. The molecule has 6 nitrogen and oxygen atoms in total. The molecule has 0 atom stereocenters. The second-order valence-corrected chi connectivity index (χ2v) is 4.84. The van der Waals surface area contributed by atoms with Gasteiger partial charge in [-0.05, 0) is 44.0 Å². The number of nitrogens with two attached hydrogens (primary N) is 1. The van der Waals surface area contributed by atoms with Crippen LogP contribution in [0.5, 0.6) is 11.6 Å². The van der Waals surface area contributed by atoms with Gasteiger partial charge in [-0.25, -0.2) is 9.78 Å². The monoisotopic (exact) mass is 315 g/mol. The Labute approximate surface area is 130 Å². The number of rotatable bonds is 4. The number of hydrogen-bond donors (Lipinski definition) is 2. The molecule has 0 aliphatic carbocycles. The van der Waals surface area contributed by atoms with Crippen molar-refractivity contribution in [3.63, 3.8) is 0 Å². The number of amides is 1. The summed E-state index contributed by atoms with van der Waals surface area (Å²) in [6.07, 6.45) is 2.07. The van der Waals surface area contributed by atoms with E-state index in [-0.39, 0.29) is 18.2 Å². The maximum Gasteiger partial charge on any atom is 0.410 e. The van der Waals surface area contributed by atoms with Crippen LogP contribution in [0.3, 0.4) is 0 Å². The third kappa shape index (κ3) is 4.22. The third-order valence-corrected chi connectivity index (χ3v) is 3.58. The number of halogens is 1. The van der Waals surface area contributed by atoms with Crippen molar-refractivity contribution in [2.24, 2.45) is 5.73 Å². The van der Waals surface area contributed by atoms with E-state index >= 15 is 0 Å². The number of piperidine rings is 1. The minimum absolute atomic E-state index is 0. The molecule has 0 saturated carbocycles. The zero-order valence-corrected chi connectivity index (χ0v) is 13.2.